The van der Waals surface area contributed by atoms with Gasteiger partial charge in [-0.2, -0.15) is 0 Å². The summed E-state index contributed by atoms with van der Waals surface area (Å²) in [7, 11) is 0. The molecule has 0 bridgehead atoms. The lowest BCUT2D eigenvalue weighted by molar-refractivity contribution is -0.141. The summed E-state index contributed by atoms with van der Waals surface area (Å²) in [5.74, 6) is -1.35. The molecule has 1 rings (SSSR count). The Morgan fingerprint density at radius 1 is 1.44 bits per heavy atom. The molecule has 88 valence electrons. The van der Waals surface area contributed by atoms with E-state index in [1.165, 1.54) is 6.26 Å². The zero-order chi connectivity index (χ0) is 12.3. The van der Waals surface area contributed by atoms with Gasteiger partial charge in [-0.15, -0.1) is 0 Å². The van der Waals surface area contributed by atoms with Crippen molar-refractivity contribution in [2.45, 2.75) is 26.8 Å². The molecule has 0 aliphatic heterocycles. The molecule has 0 saturated carbocycles. The Kier molecular flexibility index (Phi) is 3.71. The standard InChI is InChI=1S/C11H15NO4/c1-6(11(14)15)7(2)12-10(13)9-4-5-16-8(9)3/h4-7H,1-3H3,(H,12,13)(H,14,15). The molecule has 0 spiro atoms. The van der Waals surface area contributed by atoms with Gasteiger partial charge in [0.15, 0.2) is 0 Å². The van der Waals surface area contributed by atoms with Crippen LogP contribution >= 0.6 is 0 Å². The van der Waals surface area contributed by atoms with E-state index >= 15 is 0 Å². The maximum Gasteiger partial charge on any atom is 0.308 e. The van der Waals surface area contributed by atoms with Gasteiger partial charge >= 0.3 is 5.97 Å². The van der Waals surface area contributed by atoms with Crippen molar-refractivity contribution in [2.75, 3.05) is 0 Å². The van der Waals surface area contributed by atoms with E-state index in [-0.39, 0.29) is 5.91 Å². The van der Waals surface area contributed by atoms with Gasteiger partial charge in [0.2, 0.25) is 0 Å². The zero-order valence-corrected chi connectivity index (χ0v) is 9.48. The number of carbonyl (C=O) groups excluding carboxylic acids is 1. The average molecular weight is 225 g/mol. The molecule has 0 fully saturated rings. The fourth-order valence-corrected chi connectivity index (χ4v) is 1.24. The summed E-state index contributed by atoms with van der Waals surface area (Å²) in [5, 5.41) is 11.4. The molecule has 0 aromatic carbocycles. The number of hydrogen-bond acceptors (Lipinski definition) is 3. The normalized spacial score (nSPS) is 14.2. The first kappa shape index (κ1) is 12.3. The largest absolute Gasteiger partial charge is 0.481 e. The van der Waals surface area contributed by atoms with E-state index in [9.17, 15) is 9.59 Å². The highest BCUT2D eigenvalue weighted by Crippen LogP contribution is 2.10. The predicted molar refractivity (Wildman–Crippen MR) is 57.2 cm³/mol. The molecule has 1 aromatic heterocycles. The van der Waals surface area contributed by atoms with E-state index in [0.29, 0.717) is 11.3 Å². The van der Waals surface area contributed by atoms with Crippen LogP contribution in [0.1, 0.15) is 30.0 Å². The monoisotopic (exact) mass is 225 g/mol. The summed E-state index contributed by atoms with van der Waals surface area (Å²) >= 11 is 0. The Morgan fingerprint density at radius 2 is 2.06 bits per heavy atom. The minimum Gasteiger partial charge on any atom is -0.481 e. The maximum atomic E-state index is 11.7. The van der Waals surface area contributed by atoms with Crippen molar-refractivity contribution in [3.8, 4) is 0 Å². The number of furan rings is 1. The first-order chi connectivity index (χ1) is 7.43. The molecule has 0 aliphatic carbocycles. The Bertz CT molecular complexity index is 396. The predicted octanol–water partition coefficient (Wildman–Crippen LogP) is 1.43. The van der Waals surface area contributed by atoms with Gasteiger partial charge in [0.1, 0.15) is 5.76 Å². The Labute approximate surface area is 93.4 Å². The average Bonchev–Trinajstić information content (AvgIpc) is 2.62. The number of aryl methyl sites for hydroxylation is 1. The van der Waals surface area contributed by atoms with Gasteiger partial charge in [-0.1, -0.05) is 0 Å². The van der Waals surface area contributed by atoms with Gasteiger partial charge in [0, 0.05) is 6.04 Å². The Balaban J connectivity index is 2.65. The van der Waals surface area contributed by atoms with Crippen molar-refractivity contribution in [1.82, 2.24) is 5.32 Å². The van der Waals surface area contributed by atoms with Crippen LogP contribution in [0, 0.1) is 12.8 Å². The highest BCUT2D eigenvalue weighted by Gasteiger charge is 2.22. The molecule has 1 heterocycles. The molecule has 5 nitrogen and oxygen atoms in total. The molecule has 1 aromatic rings. The highest BCUT2D eigenvalue weighted by molar-refractivity contribution is 5.95. The van der Waals surface area contributed by atoms with E-state index in [4.69, 9.17) is 9.52 Å². The number of nitrogens with one attached hydrogen (secondary N) is 1. The number of aliphatic carboxylic acids is 1. The van der Waals surface area contributed by atoms with Gasteiger partial charge in [0.05, 0.1) is 17.7 Å². The van der Waals surface area contributed by atoms with Crippen LogP contribution in [-0.4, -0.2) is 23.0 Å². The van der Waals surface area contributed by atoms with Crippen molar-refractivity contribution >= 4 is 11.9 Å². The van der Waals surface area contributed by atoms with Crippen LogP contribution < -0.4 is 5.32 Å². The molecule has 1 amide bonds. The second-order valence-electron chi connectivity index (χ2n) is 3.78. The third-order valence-corrected chi connectivity index (χ3v) is 2.60. The number of carboxylic acids is 1. The summed E-state index contributed by atoms with van der Waals surface area (Å²) in [6.07, 6.45) is 1.43. The summed E-state index contributed by atoms with van der Waals surface area (Å²) in [6.45, 7) is 4.89. The highest BCUT2D eigenvalue weighted by atomic mass is 16.4. The van der Waals surface area contributed by atoms with Crippen LogP contribution in [0.15, 0.2) is 16.7 Å². The van der Waals surface area contributed by atoms with Gasteiger partial charge in [-0.05, 0) is 26.8 Å². The minimum absolute atomic E-state index is 0.313. The first-order valence-corrected chi connectivity index (χ1v) is 5.01. The van der Waals surface area contributed by atoms with Crippen LogP contribution in [0.4, 0.5) is 0 Å². The van der Waals surface area contributed by atoms with Crippen molar-refractivity contribution in [3.63, 3.8) is 0 Å². The zero-order valence-electron chi connectivity index (χ0n) is 9.48. The second kappa shape index (κ2) is 4.83. The summed E-state index contributed by atoms with van der Waals surface area (Å²) < 4.78 is 5.00. The van der Waals surface area contributed by atoms with Crippen molar-refractivity contribution < 1.29 is 19.1 Å². The molecular formula is C11H15NO4. The number of amides is 1. The van der Waals surface area contributed by atoms with Crippen LogP contribution in [-0.2, 0) is 4.79 Å². The Hall–Kier alpha value is -1.78. The molecule has 5 heteroatoms. The maximum absolute atomic E-state index is 11.7. The number of rotatable bonds is 4. The van der Waals surface area contributed by atoms with E-state index in [0.717, 1.165) is 0 Å². The Morgan fingerprint density at radius 3 is 2.50 bits per heavy atom. The summed E-state index contributed by atoms with van der Waals surface area (Å²) in [5.41, 5.74) is 0.435. The number of carbonyl (C=O) groups is 2. The van der Waals surface area contributed by atoms with Crippen molar-refractivity contribution in [1.29, 1.82) is 0 Å². The number of hydrogen-bond donors (Lipinski definition) is 2. The molecule has 0 radical (unpaired) electrons. The van der Waals surface area contributed by atoms with E-state index < -0.39 is 17.9 Å². The lowest BCUT2D eigenvalue weighted by Crippen LogP contribution is -2.40. The lowest BCUT2D eigenvalue weighted by Gasteiger charge is -2.17. The molecule has 16 heavy (non-hydrogen) atoms. The minimum atomic E-state index is -0.934. The SMILES string of the molecule is Cc1occc1C(=O)NC(C)C(C)C(=O)O. The van der Waals surface area contributed by atoms with Gasteiger partial charge in [-0.3, -0.25) is 9.59 Å². The molecule has 0 aliphatic rings. The molecule has 0 saturated heterocycles. The fourth-order valence-electron chi connectivity index (χ4n) is 1.24. The molecule has 2 N–H and O–H groups in total. The van der Waals surface area contributed by atoms with Crippen LogP contribution in [0.2, 0.25) is 0 Å². The third kappa shape index (κ3) is 2.62. The summed E-state index contributed by atoms with van der Waals surface area (Å²) in [6, 6.07) is 1.13. The quantitative estimate of drug-likeness (QED) is 0.812. The van der Waals surface area contributed by atoms with Crippen molar-refractivity contribution in [3.05, 3.63) is 23.7 Å². The van der Waals surface area contributed by atoms with Crippen LogP contribution in [0.3, 0.4) is 0 Å². The van der Waals surface area contributed by atoms with Crippen LogP contribution in [0.5, 0.6) is 0 Å². The van der Waals surface area contributed by atoms with Crippen LogP contribution in [0.25, 0.3) is 0 Å². The first-order valence-electron chi connectivity index (χ1n) is 5.01. The third-order valence-electron chi connectivity index (χ3n) is 2.60. The fraction of sp³-hybridized carbons (Fsp3) is 0.455. The van der Waals surface area contributed by atoms with Gasteiger partial charge in [-0.25, -0.2) is 0 Å². The smallest absolute Gasteiger partial charge is 0.308 e. The lowest BCUT2D eigenvalue weighted by atomic mass is 10.0. The molecular weight excluding hydrogens is 210 g/mol. The molecule has 2 atom stereocenters. The number of carboxylic acid groups (broad SMARTS) is 1. The van der Waals surface area contributed by atoms with Crippen molar-refractivity contribution in [2.24, 2.45) is 5.92 Å². The van der Waals surface area contributed by atoms with Gasteiger partial charge < -0.3 is 14.8 Å². The topological polar surface area (TPSA) is 79.5 Å². The second-order valence-corrected chi connectivity index (χ2v) is 3.78. The van der Waals surface area contributed by atoms with E-state index in [1.54, 1.807) is 26.8 Å². The van der Waals surface area contributed by atoms with E-state index in [2.05, 4.69) is 5.32 Å². The van der Waals surface area contributed by atoms with E-state index in [1.807, 2.05) is 0 Å². The van der Waals surface area contributed by atoms with Gasteiger partial charge in [0.25, 0.3) is 5.91 Å². The summed E-state index contributed by atoms with van der Waals surface area (Å²) in [4.78, 5) is 22.4. The molecule has 2 unspecified atom stereocenters.